The minimum absolute atomic E-state index is 0.223. The largest absolute Gasteiger partial charge is 0.755 e. The fourth-order valence-corrected chi connectivity index (χ4v) is 3.46. The Hall–Kier alpha value is -1.51. The van der Waals surface area contributed by atoms with Gasteiger partial charge in [-0.05, 0) is 64.4 Å². The number of nitrogens with two attached hydrogens (primary N) is 1. The third-order valence-corrected chi connectivity index (χ3v) is 5.43. The lowest BCUT2D eigenvalue weighted by atomic mass is 10.1. The number of halogens is 2. The average molecular weight is 414 g/mol. The molecule has 1 aromatic heterocycles. The Morgan fingerprint density at radius 2 is 2.17 bits per heavy atom. The summed E-state index contributed by atoms with van der Waals surface area (Å²) >= 11 is 0.675. The highest BCUT2D eigenvalue weighted by Crippen LogP contribution is 2.44. The molecule has 1 aliphatic carbocycles. The quantitative estimate of drug-likeness (QED) is 0.448. The fourth-order valence-electron chi connectivity index (χ4n) is 2.66. The third kappa shape index (κ3) is 3.93. The van der Waals surface area contributed by atoms with Crippen LogP contribution in [0.4, 0.5) is 10.1 Å². The van der Waals surface area contributed by atoms with Gasteiger partial charge in [-0.2, -0.15) is 0 Å². The summed E-state index contributed by atoms with van der Waals surface area (Å²) in [6, 6.07) is 6.67. The van der Waals surface area contributed by atoms with Crippen molar-refractivity contribution in [2.45, 2.75) is 25.2 Å². The van der Waals surface area contributed by atoms with E-state index in [4.69, 9.17) is 5.84 Å². The molecule has 0 spiro atoms. The van der Waals surface area contributed by atoms with Crippen LogP contribution in [0.2, 0.25) is 0 Å². The number of hydrogen-bond acceptors (Lipinski definition) is 3. The first-order valence-electron chi connectivity index (χ1n) is 7.57. The van der Waals surface area contributed by atoms with Crippen LogP contribution < -0.4 is 14.8 Å². The maximum absolute atomic E-state index is 13.6. The molecule has 3 rings (SSSR count). The van der Waals surface area contributed by atoms with Gasteiger partial charge < -0.3 is 4.55 Å². The molecule has 1 aromatic carbocycles. The number of nitrogen functional groups attached to an aromatic ring is 1. The van der Waals surface area contributed by atoms with E-state index < -0.39 is 11.3 Å². The van der Waals surface area contributed by atoms with Gasteiger partial charge in [-0.1, -0.05) is 10.7 Å². The molecule has 1 saturated carbocycles. The summed E-state index contributed by atoms with van der Waals surface area (Å²) in [7, 11) is 0. The molecular formula is C16H17BrFN3O2S. The molecule has 128 valence electrons. The summed E-state index contributed by atoms with van der Waals surface area (Å²) in [6.07, 6.45) is 5.85. The second-order valence-corrected chi connectivity index (χ2v) is 7.55. The summed E-state index contributed by atoms with van der Waals surface area (Å²) in [4.78, 5) is 0. The van der Waals surface area contributed by atoms with Gasteiger partial charge in [-0.25, -0.2) is 10.2 Å². The molecule has 8 heteroatoms. The standard InChI is InChI=1S/C16H17BrFN3O2S/c17-14-4-1-11(9-15(14)18)5-8-21(24(22)23)16-10-20(19)7-6-13(16)12-2-3-12/h1,4,6-7,9-10,12H,2-3,5,8,19H2. The molecule has 0 aliphatic heterocycles. The average Bonchev–Trinajstić information content (AvgIpc) is 3.35. The molecule has 24 heavy (non-hydrogen) atoms. The smallest absolute Gasteiger partial charge is 0.223 e. The first-order chi connectivity index (χ1) is 11.5. The predicted octanol–water partition coefficient (Wildman–Crippen LogP) is 2.31. The van der Waals surface area contributed by atoms with Crippen molar-refractivity contribution in [3.8, 4) is 0 Å². The molecule has 0 radical (unpaired) electrons. The second-order valence-electron chi connectivity index (χ2n) is 5.82. The van der Waals surface area contributed by atoms with Crippen molar-refractivity contribution in [2.24, 2.45) is 0 Å². The molecule has 0 saturated heterocycles. The molecule has 5 nitrogen and oxygen atoms in total. The van der Waals surface area contributed by atoms with Gasteiger partial charge in [-0.3, -0.25) is 8.51 Å². The molecule has 1 fully saturated rings. The van der Waals surface area contributed by atoms with E-state index in [0.29, 0.717) is 22.5 Å². The molecule has 1 unspecified atom stereocenters. The van der Waals surface area contributed by atoms with Crippen molar-refractivity contribution < 1.29 is 17.8 Å². The van der Waals surface area contributed by atoms with Crippen molar-refractivity contribution in [1.29, 1.82) is 0 Å². The van der Waals surface area contributed by atoms with Crippen LogP contribution in [0.5, 0.6) is 0 Å². The minimum Gasteiger partial charge on any atom is -0.755 e. The summed E-state index contributed by atoms with van der Waals surface area (Å²) in [5.41, 5.74) is 2.31. The van der Waals surface area contributed by atoms with E-state index in [2.05, 4.69) is 15.9 Å². The molecule has 2 N–H and O–H groups in total. The van der Waals surface area contributed by atoms with Crippen LogP contribution in [0.15, 0.2) is 41.1 Å². The predicted molar refractivity (Wildman–Crippen MR) is 92.8 cm³/mol. The van der Waals surface area contributed by atoms with Crippen LogP contribution in [0.25, 0.3) is 0 Å². The topological polar surface area (TPSA) is 73.3 Å². The van der Waals surface area contributed by atoms with Crippen LogP contribution >= 0.6 is 15.9 Å². The van der Waals surface area contributed by atoms with E-state index in [0.717, 1.165) is 24.0 Å². The number of nitrogens with zero attached hydrogens (tertiary/aromatic N) is 2. The zero-order valence-electron chi connectivity index (χ0n) is 12.8. The normalized spacial score (nSPS) is 15.3. The Morgan fingerprint density at radius 3 is 2.79 bits per heavy atom. The van der Waals surface area contributed by atoms with Crippen molar-refractivity contribution in [2.75, 3.05) is 16.7 Å². The van der Waals surface area contributed by atoms with E-state index in [1.54, 1.807) is 24.5 Å². The van der Waals surface area contributed by atoms with Gasteiger partial charge in [0.05, 0.1) is 4.47 Å². The Morgan fingerprint density at radius 1 is 1.42 bits per heavy atom. The van der Waals surface area contributed by atoms with Gasteiger partial charge in [0.15, 0.2) is 6.20 Å². The van der Waals surface area contributed by atoms with Gasteiger partial charge in [0.2, 0.25) is 6.20 Å². The Kier molecular flexibility index (Phi) is 5.17. The Balaban J connectivity index is 1.84. The highest BCUT2D eigenvalue weighted by Gasteiger charge is 2.30. The van der Waals surface area contributed by atoms with E-state index >= 15 is 0 Å². The van der Waals surface area contributed by atoms with E-state index in [-0.39, 0.29) is 12.4 Å². The lowest BCUT2D eigenvalue weighted by molar-refractivity contribution is -0.638. The molecule has 0 bridgehead atoms. The van der Waals surface area contributed by atoms with Gasteiger partial charge in [0.25, 0.3) is 0 Å². The van der Waals surface area contributed by atoms with Gasteiger partial charge >= 0.3 is 0 Å². The SMILES string of the molecule is N[n+]1ccc(C2CC2)c(N(CCc2ccc(Br)c(F)c2)S(=O)[O-])c1. The number of pyridine rings is 1. The zero-order chi connectivity index (χ0) is 17.3. The maximum atomic E-state index is 13.6. The zero-order valence-corrected chi connectivity index (χ0v) is 15.2. The summed E-state index contributed by atoms with van der Waals surface area (Å²) in [5.74, 6) is 5.79. The summed E-state index contributed by atoms with van der Waals surface area (Å²) in [6.45, 7) is 0.223. The molecule has 0 amide bonds. The molecule has 1 atom stereocenters. The van der Waals surface area contributed by atoms with E-state index in [1.165, 1.54) is 15.0 Å². The molecule has 2 aromatic rings. The lowest BCUT2D eigenvalue weighted by Crippen LogP contribution is -2.45. The van der Waals surface area contributed by atoms with E-state index in [9.17, 15) is 13.2 Å². The maximum Gasteiger partial charge on any atom is 0.223 e. The van der Waals surface area contributed by atoms with Crippen LogP contribution in [0.1, 0.15) is 29.9 Å². The van der Waals surface area contributed by atoms with Crippen molar-refractivity contribution in [1.82, 2.24) is 0 Å². The fraction of sp³-hybridized carbons (Fsp3) is 0.312. The van der Waals surface area contributed by atoms with Crippen LogP contribution in [-0.4, -0.2) is 15.3 Å². The Bertz CT molecular complexity index is 786. The monoisotopic (exact) mass is 413 g/mol. The van der Waals surface area contributed by atoms with Gasteiger partial charge in [-0.15, -0.1) is 0 Å². The summed E-state index contributed by atoms with van der Waals surface area (Å²) < 4.78 is 40.1. The Labute approximate surface area is 150 Å². The van der Waals surface area contributed by atoms with Crippen LogP contribution in [0.3, 0.4) is 0 Å². The number of rotatable bonds is 6. The van der Waals surface area contributed by atoms with Crippen molar-refractivity contribution in [3.63, 3.8) is 0 Å². The number of hydrogen-bond donors (Lipinski definition) is 1. The third-order valence-electron chi connectivity index (χ3n) is 4.05. The molecule has 1 aliphatic rings. The number of aromatic nitrogens is 1. The highest BCUT2D eigenvalue weighted by atomic mass is 79.9. The van der Waals surface area contributed by atoms with Crippen molar-refractivity contribution in [3.05, 3.63) is 58.1 Å². The van der Waals surface area contributed by atoms with Crippen molar-refractivity contribution >= 4 is 32.9 Å². The number of anilines is 1. The van der Waals surface area contributed by atoms with Crippen LogP contribution in [-0.2, 0) is 17.7 Å². The van der Waals surface area contributed by atoms with E-state index in [1.807, 2.05) is 6.07 Å². The second kappa shape index (κ2) is 7.16. The van der Waals surface area contributed by atoms with Gasteiger partial charge in [0, 0.05) is 23.9 Å². The number of benzene rings is 1. The molecule has 1 heterocycles. The lowest BCUT2D eigenvalue weighted by Gasteiger charge is -2.27. The summed E-state index contributed by atoms with van der Waals surface area (Å²) in [5, 5.41) is 0. The first-order valence-corrected chi connectivity index (χ1v) is 9.39. The highest BCUT2D eigenvalue weighted by molar-refractivity contribution is 9.10. The van der Waals surface area contributed by atoms with Gasteiger partial charge in [0.1, 0.15) is 11.5 Å². The minimum atomic E-state index is -2.43. The molecular weight excluding hydrogens is 397 g/mol. The van der Waals surface area contributed by atoms with Crippen LogP contribution in [0, 0.1) is 5.82 Å². The first kappa shape index (κ1) is 17.3.